The zero-order valence-corrected chi connectivity index (χ0v) is 14.9. The fourth-order valence-electron chi connectivity index (χ4n) is 2.85. The average molecular weight is 377 g/mol. The number of imidazole rings is 1. The monoisotopic (exact) mass is 377 g/mol. The summed E-state index contributed by atoms with van der Waals surface area (Å²) in [7, 11) is 0. The molecule has 2 aromatic rings. The molecular weight excluding hydrogens is 354 g/mol. The van der Waals surface area contributed by atoms with E-state index in [0.717, 1.165) is 12.8 Å². The number of ether oxygens (including phenoxy) is 2. The highest BCUT2D eigenvalue weighted by molar-refractivity contribution is 5.78. The molecule has 10 heteroatoms. The molecule has 1 fully saturated rings. The Morgan fingerprint density at radius 2 is 2.19 bits per heavy atom. The third-order valence-corrected chi connectivity index (χ3v) is 4.29. The van der Waals surface area contributed by atoms with Gasteiger partial charge in [-0.3, -0.25) is 4.57 Å². The zero-order valence-electron chi connectivity index (χ0n) is 14.9. The first-order chi connectivity index (χ1) is 13.1. The maximum Gasteiger partial charge on any atom is 0.248 e. The van der Waals surface area contributed by atoms with Crippen LogP contribution < -0.4 is 10.1 Å². The molecule has 10 nitrogen and oxygen atoms in total. The second-order valence-electron chi connectivity index (χ2n) is 6.18. The molecule has 1 aliphatic rings. The maximum absolute atomic E-state index is 10.3. The molecule has 0 amide bonds. The summed E-state index contributed by atoms with van der Waals surface area (Å²) < 4.78 is 12.5. The van der Waals surface area contributed by atoms with Crippen LogP contribution in [-0.2, 0) is 4.74 Å². The van der Waals surface area contributed by atoms with Crippen LogP contribution in [0, 0.1) is 12.3 Å². The number of rotatable bonds is 8. The van der Waals surface area contributed by atoms with E-state index in [1.165, 1.54) is 10.9 Å². The fraction of sp³-hybridized carbons (Fsp3) is 0.588. The van der Waals surface area contributed by atoms with Crippen LogP contribution in [0.25, 0.3) is 11.2 Å². The highest BCUT2D eigenvalue weighted by atomic mass is 16.6. The summed E-state index contributed by atoms with van der Waals surface area (Å²) in [5.41, 5.74) is 0.704. The van der Waals surface area contributed by atoms with E-state index >= 15 is 0 Å². The molecule has 0 spiro atoms. The van der Waals surface area contributed by atoms with Crippen LogP contribution in [0.3, 0.4) is 0 Å². The summed E-state index contributed by atoms with van der Waals surface area (Å²) in [6.07, 6.45) is 4.30. The molecule has 2 aromatic heterocycles. The minimum atomic E-state index is -1.25. The Bertz CT molecular complexity index is 820. The Hall–Kier alpha value is -2.45. The van der Waals surface area contributed by atoms with Gasteiger partial charge in [0.15, 0.2) is 24.0 Å². The molecular formula is C17H23N5O5. The standard InChI is InChI=1S/C17H23N5O5/c1-3-5-6-18-17-20-14-11(15(21-17)26-7-4-2)19-9-22(14)16-13(25)12(24)10(8-23)27-16/h2,9-10,12-13,16,23-25H,3,5-8H2,1H3,(H,18,20,21). The summed E-state index contributed by atoms with van der Waals surface area (Å²) >= 11 is 0. The van der Waals surface area contributed by atoms with Gasteiger partial charge < -0.3 is 30.1 Å². The number of terminal acetylenes is 1. The van der Waals surface area contributed by atoms with Crippen molar-refractivity contribution in [1.29, 1.82) is 0 Å². The van der Waals surface area contributed by atoms with Gasteiger partial charge in [-0.1, -0.05) is 19.3 Å². The molecule has 4 N–H and O–H groups in total. The number of fused-ring (bicyclic) bond motifs is 1. The van der Waals surface area contributed by atoms with Crippen LogP contribution in [0.4, 0.5) is 5.95 Å². The summed E-state index contributed by atoms with van der Waals surface area (Å²) in [4.78, 5) is 13.0. The van der Waals surface area contributed by atoms with Crippen molar-refractivity contribution in [1.82, 2.24) is 19.5 Å². The molecule has 0 saturated carbocycles. The molecule has 0 radical (unpaired) electrons. The van der Waals surface area contributed by atoms with Crippen molar-refractivity contribution in [3.63, 3.8) is 0 Å². The predicted octanol–water partition coefficient (Wildman–Crippen LogP) is -0.338. The number of aliphatic hydroxyl groups is 3. The predicted molar refractivity (Wildman–Crippen MR) is 96.1 cm³/mol. The number of hydrogen-bond donors (Lipinski definition) is 4. The van der Waals surface area contributed by atoms with Crippen molar-refractivity contribution < 1.29 is 24.8 Å². The molecule has 27 heavy (non-hydrogen) atoms. The molecule has 0 aliphatic carbocycles. The minimum absolute atomic E-state index is 0.0151. The van der Waals surface area contributed by atoms with Gasteiger partial charge in [0.2, 0.25) is 11.8 Å². The lowest BCUT2D eigenvalue weighted by Gasteiger charge is -2.17. The van der Waals surface area contributed by atoms with Gasteiger partial charge in [-0.2, -0.15) is 9.97 Å². The highest BCUT2D eigenvalue weighted by Gasteiger charge is 2.44. The number of unbranched alkanes of at least 4 members (excludes halogenated alkanes) is 1. The first-order valence-electron chi connectivity index (χ1n) is 8.77. The van der Waals surface area contributed by atoms with E-state index in [1.54, 1.807) is 0 Å². The van der Waals surface area contributed by atoms with Crippen LogP contribution in [-0.4, -0.2) is 72.9 Å². The van der Waals surface area contributed by atoms with Crippen LogP contribution in [0.15, 0.2) is 6.33 Å². The van der Waals surface area contributed by atoms with Crippen LogP contribution in [0.1, 0.15) is 26.0 Å². The van der Waals surface area contributed by atoms with Crippen LogP contribution in [0.2, 0.25) is 0 Å². The molecule has 3 heterocycles. The van der Waals surface area contributed by atoms with Crippen LogP contribution in [0.5, 0.6) is 5.88 Å². The van der Waals surface area contributed by atoms with Crippen molar-refractivity contribution in [3.8, 4) is 18.2 Å². The van der Waals surface area contributed by atoms with E-state index in [-0.39, 0.29) is 12.5 Å². The van der Waals surface area contributed by atoms with E-state index in [9.17, 15) is 15.3 Å². The van der Waals surface area contributed by atoms with Gasteiger partial charge in [-0.05, 0) is 6.42 Å². The first kappa shape index (κ1) is 19.3. The largest absolute Gasteiger partial charge is 0.463 e. The number of nitrogens with one attached hydrogen (secondary N) is 1. The van der Waals surface area contributed by atoms with Gasteiger partial charge in [0.05, 0.1) is 12.9 Å². The first-order valence-corrected chi connectivity index (χ1v) is 8.77. The number of aliphatic hydroxyl groups excluding tert-OH is 3. The van der Waals surface area contributed by atoms with Crippen molar-refractivity contribution in [3.05, 3.63) is 6.33 Å². The van der Waals surface area contributed by atoms with Crippen molar-refractivity contribution in [2.45, 2.75) is 44.3 Å². The van der Waals surface area contributed by atoms with E-state index < -0.39 is 31.1 Å². The minimum Gasteiger partial charge on any atom is -0.463 e. The number of nitrogens with zero attached hydrogens (tertiary/aromatic N) is 4. The number of hydrogen-bond acceptors (Lipinski definition) is 9. The van der Waals surface area contributed by atoms with Gasteiger partial charge >= 0.3 is 0 Å². The Kier molecular flexibility index (Phi) is 6.08. The van der Waals surface area contributed by atoms with E-state index in [0.29, 0.717) is 23.7 Å². The molecule has 4 unspecified atom stereocenters. The second kappa shape index (κ2) is 8.49. The van der Waals surface area contributed by atoms with Crippen molar-refractivity contribution in [2.75, 3.05) is 25.1 Å². The molecule has 3 rings (SSSR count). The second-order valence-corrected chi connectivity index (χ2v) is 6.18. The summed E-state index contributed by atoms with van der Waals surface area (Å²) in [6, 6.07) is 0. The maximum atomic E-state index is 10.3. The number of aromatic nitrogens is 4. The topological polar surface area (TPSA) is 135 Å². The molecule has 1 aliphatic heterocycles. The number of anilines is 1. The molecule has 0 bridgehead atoms. The van der Waals surface area contributed by atoms with E-state index in [2.05, 4.69) is 33.1 Å². The van der Waals surface area contributed by atoms with Gasteiger partial charge in [-0.25, -0.2) is 4.98 Å². The van der Waals surface area contributed by atoms with E-state index in [1.807, 2.05) is 0 Å². The van der Waals surface area contributed by atoms with Gasteiger partial charge in [0, 0.05) is 6.54 Å². The van der Waals surface area contributed by atoms with E-state index in [4.69, 9.17) is 15.9 Å². The third-order valence-electron chi connectivity index (χ3n) is 4.29. The Balaban J connectivity index is 1.99. The molecule has 1 saturated heterocycles. The SMILES string of the molecule is C#CCOc1nc(NCCCC)nc2c1ncn2C1OC(CO)C(O)C1O. The average Bonchev–Trinajstić information content (AvgIpc) is 3.21. The zero-order chi connectivity index (χ0) is 19.4. The van der Waals surface area contributed by atoms with Crippen molar-refractivity contribution in [2.24, 2.45) is 0 Å². The summed E-state index contributed by atoms with van der Waals surface area (Å²) in [5.74, 6) is 2.92. The Morgan fingerprint density at radius 3 is 2.85 bits per heavy atom. The van der Waals surface area contributed by atoms with Crippen molar-refractivity contribution >= 4 is 17.1 Å². The lowest BCUT2D eigenvalue weighted by Crippen LogP contribution is -2.33. The summed E-state index contributed by atoms with van der Waals surface area (Å²) in [5, 5.41) is 32.7. The molecule has 0 aromatic carbocycles. The molecule has 146 valence electrons. The third kappa shape index (κ3) is 3.81. The lowest BCUT2D eigenvalue weighted by molar-refractivity contribution is -0.0511. The quantitative estimate of drug-likeness (QED) is 0.360. The smallest absolute Gasteiger partial charge is 0.248 e. The van der Waals surface area contributed by atoms with Gasteiger partial charge in [0.1, 0.15) is 18.3 Å². The Labute approximate surface area is 156 Å². The highest BCUT2D eigenvalue weighted by Crippen LogP contribution is 2.33. The normalized spacial score (nSPS) is 24.9. The summed E-state index contributed by atoms with van der Waals surface area (Å²) in [6.45, 7) is 2.35. The van der Waals surface area contributed by atoms with Crippen LogP contribution >= 0.6 is 0 Å². The van der Waals surface area contributed by atoms with Gasteiger partial charge in [-0.15, -0.1) is 6.42 Å². The lowest BCUT2D eigenvalue weighted by atomic mass is 10.1. The fourth-order valence-corrected chi connectivity index (χ4v) is 2.85. The molecule has 4 atom stereocenters. The Morgan fingerprint density at radius 1 is 1.37 bits per heavy atom. The van der Waals surface area contributed by atoms with Gasteiger partial charge in [0.25, 0.3) is 0 Å².